The Morgan fingerprint density at radius 1 is 1.04 bits per heavy atom. The molecule has 3 rings (SSSR count). The average molecular weight is 428 g/mol. The summed E-state index contributed by atoms with van der Waals surface area (Å²) in [6, 6.07) is 15.7. The van der Waals surface area contributed by atoms with Crippen LogP contribution in [0.2, 0.25) is 0 Å². The van der Waals surface area contributed by atoms with Crippen LogP contribution in [-0.4, -0.2) is 24.2 Å². The smallest absolute Gasteiger partial charge is 0.391 e. The van der Waals surface area contributed by atoms with Crippen molar-refractivity contribution in [2.45, 2.75) is 32.2 Å². The lowest BCUT2D eigenvalue weighted by atomic mass is 9.96. The third-order valence-electron chi connectivity index (χ3n) is 4.71. The molecule has 0 aliphatic carbocycles. The fourth-order valence-electron chi connectivity index (χ4n) is 3.19. The number of piperidine rings is 1. The fraction of sp³-hybridized carbons (Fsp3) is 0.400. The fourth-order valence-corrected chi connectivity index (χ4v) is 3.53. The van der Waals surface area contributed by atoms with Gasteiger partial charge in [-0.3, -0.25) is 4.90 Å². The highest BCUT2D eigenvalue weighted by Crippen LogP contribution is 2.35. The van der Waals surface area contributed by atoms with E-state index in [0.29, 0.717) is 26.2 Å². The molecule has 2 aromatic rings. The monoisotopic (exact) mass is 427 g/mol. The molecular formula is C20H21BrF3NO. The summed E-state index contributed by atoms with van der Waals surface area (Å²) in [5.41, 5.74) is 2.07. The molecule has 140 valence electrons. The molecule has 1 fully saturated rings. The molecule has 0 saturated carbocycles. The summed E-state index contributed by atoms with van der Waals surface area (Å²) in [6.45, 7) is 1.97. The molecule has 0 N–H and O–H groups in total. The maximum Gasteiger partial charge on any atom is 0.391 e. The first-order chi connectivity index (χ1) is 12.4. The second-order valence-corrected chi connectivity index (χ2v) is 7.53. The van der Waals surface area contributed by atoms with Gasteiger partial charge in [0.15, 0.2) is 0 Å². The normalized spacial score (nSPS) is 16.6. The van der Waals surface area contributed by atoms with Crippen LogP contribution in [0.1, 0.15) is 24.0 Å². The molecule has 0 spiro atoms. The minimum absolute atomic E-state index is 0.167. The molecule has 1 saturated heterocycles. The van der Waals surface area contributed by atoms with E-state index in [9.17, 15) is 13.2 Å². The lowest BCUT2D eigenvalue weighted by molar-refractivity contribution is -0.185. The van der Waals surface area contributed by atoms with Crippen molar-refractivity contribution in [1.82, 2.24) is 4.90 Å². The van der Waals surface area contributed by atoms with Crippen LogP contribution in [0.3, 0.4) is 0 Å². The van der Waals surface area contributed by atoms with Gasteiger partial charge in [-0.15, -0.1) is 0 Å². The number of likely N-dealkylation sites (tertiary alicyclic amines) is 1. The van der Waals surface area contributed by atoms with Gasteiger partial charge >= 0.3 is 6.18 Å². The van der Waals surface area contributed by atoms with Crippen molar-refractivity contribution in [1.29, 1.82) is 0 Å². The third-order valence-corrected chi connectivity index (χ3v) is 5.20. The third kappa shape index (κ3) is 5.24. The summed E-state index contributed by atoms with van der Waals surface area (Å²) in [7, 11) is 0. The van der Waals surface area contributed by atoms with Crippen LogP contribution in [0, 0.1) is 5.92 Å². The highest BCUT2D eigenvalue weighted by molar-refractivity contribution is 9.10. The van der Waals surface area contributed by atoms with E-state index in [0.717, 1.165) is 21.3 Å². The Labute approximate surface area is 160 Å². The van der Waals surface area contributed by atoms with Crippen LogP contribution < -0.4 is 4.74 Å². The lowest BCUT2D eigenvalue weighted by Gasteiger charge is -2.33. The Bertz CT molecular complexity index is 713. The van der Waals surface area contributed by atoms with Crippen molar-refractivity contribution in [2.24, 2.45) is 5.92 Å². The topological polar surface area (TPSA) is 12.5 Å². The minimum atomic E-state index is -4.08. The molecule has 0 bridgehead atoms. The molecule has 6 heteroatoms. The van der Waals surface area contributed by atoms with E-state index in [1.807, 2.05) is 48.5 Å². The van der Waals surface area contributed by atoms with Crippen LogP contribution in [0.5, 0.6) is 5.75 Å². The summed E-state index contributed by atoms with van der Waals surface area (Å²) < 4.78 is 45.4. The second-order valence-electron chi connectivity index (χ2n) is 6.62. The first kappa shape index (κ1) is 19.2. The average Bonchev–Trinajstić information content (AvgIpc) is 2.62. The van der Waals surface area contributed by atoms with Crippen LogP contribution in [0.25, 0.3) is 0 Å². The predicted octanol–water partition coefficient (Wildman–Crippen LogP) is 5.80. The van der Waals surface area contributed by atoms with Crippen LogP contribution in [-0.2, 0) is 13.2 Å². The maximum absolute atomic E-state index is 12.8. The number of hydrogen-bond acceptors (Lipinski definition) is 2. The number of hydrogen-bond donors (Lipinski definition) is 0. The summed E-state index contributed by atoms with van der Waals surface area (Å²) in [5.74, 6) is -0.404. The Morgan fingerprint density at radius 2 is 1.73 bits per heavy atom. The number of nitrogens with zero attached hydrogens (tertiary/aromatic N) is 1. The minimum Gasteiger partial charge on any atom is -0.489 e. The largest absolute Gasteiger partial charge is 0.489 e. The maximum atomic E-state index is 12.8. The first-order valence-corrected chi connectivity index (χ1v) is 9.45. The number of halogens is 4. The number of ether oxygens (including phenoxy) is 1. The first-order valence-electron chi connectivity index (χ1n) is 8.66. The van der Waals surface area contributed by atoms with Crippen molar-refractivity contribution >= 4 is 15.9 Å². The quantitative estimate of drug-likeness (QED) is 0.597. The van der Waals surface area contributed by atoms with Crippen LogP contribution in [0.4, 0.5) is 13.2 Å². The van der Waals surface area contributed by atoms with Gasteiger partial charge in [0.05, 0.1) is 5.92 Å². The molecule has 2 nitrogen and oxygen atoms in total. The van der Waals surface area contributed by atoms with Crippen LogP contribution in [0.15, 0.2) is 53.0 Å². The predicted molar refractivity (Wildman–Crippen MR) is 99.0 cm³/mol. The van der Waals surface area contributed by atoms with Gasteiger partial charge in [0.2, 0.25) is 0 Å². The lowest BCUT2D eigenvalue weighted by Crippen LogP contribution is -2.38. The van der Waals surface area contributed by atoms with Crippen LogP contribution >= 0.6 is 15.9 Å². The molecule has 0 aromatic heterocycles. The van der Waals surface area contributed by atoms with Gasteiger partial charge in [-0.25, -0.2) is 0 Å². The molecule has 0 amide bonds. The van der Waals surface area contributed by atoms with E-state index < -0.39 is 12.1 Å². The van der Waals surface area contributed by atoms with Gasteiger partial charge in [-0.05, 0) is 43.6 Å². The second kappa shape index (κ2) is 8.44. The summed E-state index contributed by atoms with van der Waals surface area (Å²) in [6.07, 6.45) is -3.74. The standard InChI is InChI=1S/C20H21BrF3NO/c21-18-7-6-16(13-25-10-8-17(9-11-25)20(22,23)24)19(12-18)26-14-15-4-2-1-3-5-15/h1-7,12,17H,8-11,13-14H2. The Kier molecular flexibility index (Phi) is 6.24. The number of benzene rings is 2. The molecule has 26 heavy (non-hydrogen) atoms. The zero-order valence-electron chi connectivity index (χ0n) is 14.3. The molecular weight excluding hydrogens is 407 g/mol. The summed E-state index contributed by atoms with van der Waals surface area (Å²) in [4.78, 5) is 2.07. The van der Waals surface area contributed by atoms with E-state index in [2.05, 4.69) is 20.8 Å². The number of rotatable bonds is 5. The highest BCUT2D eigenvalue weighted by atomic mass is 79.9. The Balaban J connectivity index is 1.63. The molecule has 0 atom stereocenters. The molecule has 1 heterocycles. The van der Waals surface area contributed by atoms with Gasteiger partial charge in [0.25, 0.3) is 0 Å². The zero-order chi connectivity index (χ0) is 18.6. The van der Waals surface area contributed by atoms with Crippen molar-refractivity contribution in [2.75, 3.05) is 13.1 Å². The Hall–Kier alpha value is -1.53. The molecule has 0 radical (unpaired) electrons. The summed E-state index contributed by atoms with van der Waals surface area (Å²) in [5, 5.41) is 0. The van der Waals surface area contributed by atoms with Gasteiger partial charge in [0, 0.05) is 16.6 Å². The molecule has 1 aliphatic heterocycles. The van der Waals surface area contributed by atoms with E-state index in [1.165, 1.54) is 0 Å². The molecule has 2 aromatic carbocycles. The van der Waals surface area contributed by atoms with Crippen molar-refractivity contribution in [3.05, 3.63) is 64.1 Å². The summed E-state index contributed by atoms with van der Waals surface area (Å²) >= 11 is 3.46. The molecule has 1 aliphatic rings. The van der Waals surface area contributed by atoms with Gasteiger partial charge in [-0.1, -0.05) is 52.3 Å². The van der Waals surface area contributed by atoms with Gasteiger partial charge < -0.3 is 4.74 Å². The van der Waals surface area contributed by atoms with Gasteiger partial charge in [0.1, 0.15) is 12.4 Å². The zero-order valence-corrected chi connectivity index (χ0v) is 15.9. The van der Waals surface area contributed by atoms with Crippen molar-refractivity contribution in [3.8, 4) is 5.75 Å². The van der Waals surface area contributed by atoms with Crippen molar-refractivity contribution < 1.29 is 17.9 Å². The number of alkyl halides is 3. The molecule has 0 unspecified atom stereocenters. The van der Waals surface area contributed by atoms with Crippen molar-refractivity contribution in [3.63, 3.8) is 0 Å². The van der Waals surface area contributed by atoms with E-state index in [1.54, 1.807) is 0 Å². The van der Waals surface area contributed by atoms with E-state index in [-0.39, 0.29) is 12.8 Å². The highest BCUT2D eigenvalue weighted by Gasteiger charge is 2.41. The SMILES string of the molecule is FC(F)(F)C1CCN(Cc2ccc(Br)cc2OCc2ccccc2)CC1. The van der Waals surface area contributed by atoms with E-state index in [4.69, 9.17) is 4.74 Å². The van der Waals surface area contributed by atoms with E-state index >= 15 is 0 Å². The van der Waals surface area contributed by atoms with Gasteiger partial charge in [-0.2, -0.15) is 13.2 Å². The Morgan fingerprint density at radius 3 is 2.38 bits per heavy atom.